The molecular formula is C9H17NO2. The van der Waals surface area contributed by atoms with Gasteiger partial charge in [-0.05, 0) is 31.2 Å². The van der Waals surface area contributed by atoms with Crippen LogP contribution in [0.5, 0.6) is 0 Å². The minimum absolute atomic E-state index is 0.281. The minimum Gasteiger partial charge on any atom is -0.481 e. The van der Waals surface area contributed by atoms with Crippen LogP contribution in [0.1, 0.15) is 32.6 Å². The lowest BCUT2D eigenvalue weighted by atomic mass is 10.1. The van der Waals surface area contributed by atoms with Crippen molar-refractivity contribution in [2.75, 3.05) is 13.1 Å². The molecule has 3 nitrogen and oxygen atoms in total. The van der Waals surface area contributed by atoms with E-state index in [1.807, 2.05) is 0 Å². The molecule has 0 radical (unpaired) electrons. The van der Waals surface area contributed by atoms with Crippen LogP contribution in [0.3, 0.4) is 0 Å². The molecule has 0 saturated heterocycles. The van der Waals surface area contributed by atoms with Gasteiger partial charge in [-0.3, -0.25) is 4.79 Å². The summed E-state index contributed by atoms with van der Waals surface area (Å²) in [5.74, 6) is -0.700. The Morgan fingerprint density at radius 1 is 1.58 bits per heavy atom. The molecule has 1 aliphatic carbocycles. The Morgan fingerprint density at radius 3 is 2.75 bits per heavy atom. The highest BCUT2D eigenvalue weighted by molar-refractivity contribution is 5.66. The van der Waals surface area contributed by atoms with Gasteiger partial charge >= 0.3 is 5.97 Å². The van der Waals surface area contributed by atoms with Crippen LogP contribution in [-0.4, -0.2) is 24.2 Å². The van der Waals surface area contributed by atoms with Gasteiger partial charge in [0.15, 0.2) is 0 Å². The largest absolute Gasteiger partial charge is 0.481 e. The first-order valence-electron chi connectivity index (χ1n) is 4.55. The Bertz CT molecular complexity index is 164. The molecule has 1 saturated carbocycles. The highest BCUT2D eigenvalue weighted by Gasteiger charge is 2.36. The third-order valence-corrected chi connectivity index (χ3v) is 2.40. The van der Waals surface area contributed by atoms with E-state index < -0.39 is 5.97 Å². The molecule has 0 bridgehead atoms. The van der Waals surface area contributed by atoms with Gasteiger partial charge in [0.2, 0.25) is 0 Å². The molecule has 0 aromatic heterocycles. The summed E-state index contributed by atoms with van der Waals surface area (Å²) in [6.45, 7) is 4.14. The number of aliphatic carboxylic acids is 1. The van der Waals surface area contributed by atoms with E-state index in [1.54, 1.807) is 0 Å². The molecule has 1 aliphatic rings. The average Bonchev–Trinajstić information content (AvgIpc) is 2.67. The first kappa shape index (κ1) is 9.52. The van der Waals surface area contributed by atoms with Crippen LogP contribution < -0.4 is 5.32 Å². The lowest BCUT2D eigenvalue weighted by Gasteiger charge is -2.08. The zero-order valence-corrected chi connectivity index (χ0v) is 7.60. The molecule has 0 atom stereocenters. The number of nitrogens with one attached hydrogen (secondary N) is 1. The lowest BCUT2D eigenvalue weighted by Crippen LogP contribution is -2.23. The summed E-state index contributed by atoms with van der Waals surface area (Å²) in [5, 5.41) is 11.6. The van der Waals surface area contributed by atoms with Crippen LogP contribution >= 0.6 is 0 Å². The Hall–Kier alpha value is -0.570. The number of carbonyl (C=O) groups is 1. The highest BCUT2D eigenvalue weighted by Crippen LogP contribution is 2.43. The predicted octanol–water partition coefficient (Wildman–Crippen LogP) is 1.24. The highest BCUT2D eigenvalue weighted by atomic mass is 16.4. The molecule has 12 heavy (non-hydrogen) atoms. The van der Waals surface area contributed by atoms with Crippen molar-refractivity contribution in [3.8, 4) is 0 Å². The molecule has 3 heteroatoms. The van der Waals surface area contributed by atoms with E-state index in [0.717, 1.165) is 19.5 Å². The Morgan fingerprint density at radius 2 is 2.25 bits per heavy atom. The Kier molecular flexibility index (Phi) is 3.09. The van der Waals surface area contributed by atoms with Crippen LogP contribution in [-0.2, 0) is 4.79 Å². The van der Waals surface area contributed by atoms with Crippen LogP contribution in [0.25, 0.3) is 0 Å². The second-order valence-corrected chi connectivity index (χ2v) is 3.98. The maximum atomic E-state index is 10.1. The summed E-state index contributed by atoms with van der Waals surface area (Å²) in [6, 6.07) is 0. The zero-order valence-electron chi connectivity index (χ0n) is 7.60. The molecule has 70 valence electrons. The monoisotopic (exact) mass is 171 g/mol. The smallest absolute Gasteiger partial charge is 0.303 e. The van der Waals surface area contributed by atoms with Gasteiger partial charge in [-0.25, -0.2) is 0 Å². The van der Waals surface area contributed by atoms with Crippen molar-refractivity contribution >= 4 is 5.97 Å². The van der Waals surface area contributed by atoms with Gasteiger partial charge in [-0.15, -0.1) is 0 Å². The van der Waals surface area contributed by atoms with E-state index in [-0.39, 0.29) is 6.42 Å². The van der Waals surface area contributed by atoms with Gasteiger partial charge in [-0.2, -0.15) is 0 Å². The van der Waals surface area contributed by atoms with Crippen molar-refractivity contribution in [2.24, 2.45) is 5.41 Å². The molecule has 0 aliphatic heterocycles. The summed E-state index contributed by atoms with van der Waals surface area (Å²) < 4.78 is 0. The molecule has 0 aromatic carbocycles. The van der Waals surface area contributed by atoms with E-state index in [9.17, 15) is 4.79 Å². The maximum absolute atomic E-state index is 10.1. The normalized spacial score (nSPS) is 19.1. The zero-order chi connectivity index (χ0) is 9.03. The Balaban J connectivity index is 1.86. The van der Waals surface area contributed by atoms with Gasteiger partial charge in [0.1, 0.15) is 0 Å². The SMILES string of the molecule is CC1(CNCCCC(=O)O)CC1. The molecule has 1 rings (SSSR count). The molecule has 0 aromatic rings. The molecule has 2 N–H and O–H groups in total. The second kappa shape index (κ2) is 3.90. The quantitative estimate of drug-likeness (QED) is 0.591. The fourth-order valence-corrected chi connectivity index (χ4v) is 1.14. The van der Waals surface area contributed by atoms with Gasteiger partial charge in [0.25, 0.3) is 0 Å². The summed E-state index contributed by atoms with van der Waals surface area (Å²) in [5.41, 5.74) is 0.531. The summed E-state index contributed by atoms with van der Waals surface area (Å²) in [6.07, 6.45) is 3.66. The van der Waals surface area contributed by atoms with Crippen molar-refractivity contribution in [1.82, 2.24) is 5.32 Å². The molecule has 0 amide bonds. The van der Waals surface area contributed by atoms with Crippen molar-refractivity contribution in [1.29, 1.82) is 0 Å². The number of carboxylic acid groups (broad SMARTS) is 1. The topological polar surface area (TPSA) is 49.3 Å². The van der Waals surface area contributed by atoms with Crippen molar-refractivity contribution in [2.45, 2.75) is 32.6 Å². The number of hydrogen-bond donors (Lipinski definition) is 2. The van der Waals surface area contributed by atoms with Crippen LogP contribution in [0.15, 0.2) is 0 Å². The summed E-state index contributed by atoms with van der Waals surface area (Å²) in [4.78, 5) is 10.1. The maximum Gasteiger partial charge on any atom is 0.303 e. The predicted molar refractivity (Wildman–Crippen MR) is 47.1 cm³/mol. The van der Waals surface area contributed by atoms with E-state index in [4.69, 9.17) is 5.11 Å². The molecule has 0 unspecified atom stereocenters. The van der Waals surface area contributed by atoms with Crippen molar-refractivity contribution in [3.63, 3.8) is 0 Å². The van der Waals surface area contributed by atoms with Crippen molar-refractivity contribution in [3.05, 3.63) is 0 Å². The third-order valence-electron chi connectivity index (χ3n) is 2.40. The van der Waals surface area contributed by atoms with Crippen LogP contribution in [0, 0.1) is 5.41 Å². The fraction of sp³-hybridized carbons (Fsp3) is 0.889. The van der Waals surface area contributed by atoms with Gasteiger partial charge in [0, 0.05) is 13.0 Å². The number of rotatable bonds is 6. The standard InChI is InChI=1S/C9H17NO2/c1-9(4-5-9)7-10-6-2-3-8(11)12/h10H,2-7H2,1H3,(H,11,12). The number of carboxylic acids is 1. The van der Waals surface area contributed by atoms with E-state index >= 15 is 0 Å². The third kappa shape index (κ3) is 3.72. The van der Waals surface area contributed by atoms with Crippen LogP contribution in [0.4, 0.5) is 0 Å². The molecule has 1 fully saturated rings. The molecular weight excluding hydrogens is 154 g/mol. The van der Waals surface area contributed by atoms with E-state index in [2.05, 4.69) is 12.2 Å². The summed E-state index contributed by atoms with van der Waals surface area (Å²) >= 11 is 0. The first-order valence-corrected chi connectivity index (χ1v) is 4.55. The first-order chi connectivity index (χ1) is 5.62. The number of hydrogen-bond acceptors (Lipinski definition) is 2. The lowest BCUT2D eigenvalue weighted by molar-refractivity contribution is -0.137. The van der Waals surface area contributed by atoms with E-state index in [0.29, 0.717) is 5.41 Å². The second-order valence-electron chi connectivity index (χ2n) is 3.98. The Labute approximate surface area is 73.2 Å². The minimum atomic E-state index is -0.700. The molecule has 0 spiro atoms. The summed E-state index contributed by atoms with van der Waals surface area (Å²) in [7, 11) is 0. The van der Waals surface area contributed by atoms with Gasteiger partial charge in [0.05, 0.1) is 0 Å². The van der Waals surface area contributed by atoms with E-state index in [1.165, 1.54) is 12.8 Å². The average molecular weight is 171 g/mol. The molecule has 0 heterocycles. The fourth-order valence-electron chi connectivity index (χ4n) is 1.14. The van der Waals surface area contributed by atoms with Gasteiger partial charge in [-0.1, -0.05) is 6.92 Å². The van der Waals surface area contributed by atoms with Crippen LogP contribution in [0.2, 0.25) is 0 Å². The van der Waals surface area contributed by atoms with Crippen molar-refractivity contribution < 1.29 is 9.90 Å². The van der Waals surface area contributed by atoms with Gasteiger partial charge < -0.3 is 10.4 Å².